The Hall–Kier alpha value is -3.89. The Balaban J connectivity index is 1.31. The van der Waals surface area contributed by atoms with E-state index in [2.05, 4.69) is 25.5 Å². The second-order valence-electron chi connectivity index (χ2n) is 9.31. The highest BCUT2D eigenvalue weighted by atomic mass is 35.5. The molecule has 1 saturated carbocycles. The summed E-state index contributed by atoms with van der Waals surface area (Å²) in [6.07, 6.45) is 3.93. The van der Waals surface area contributed by atoms with Crippen LogP contribution in [0.3, 0.4) is 0 Å². The van der Waals surface area contributed by atoms with Gasteiger partial charge >= 0.3 is 0 Å². The fourth-order valence-electron chi connectivity index (χ4n) is 5.23. The van der Waals surface area contributed by atoms with Crippen LogP contribution in [0.5, 0.6) is 0 Å². The molecule has 0 bridgehead atoms. The maximum atomic E-state index is 14.8. The quantitative estimate of drug-likeness (QED) is 0.357. The van der Waals surface area contributed by atoms with Crippen LogP contribution in [-0.2, 0) is 0 Å². The molecule has 0 radical (unpaired) electrons. The number of H-pyrrole nitrogens is 1. The third-order valence-corrected chi connectivity index (χ3v) is 7.81. The zero-order valence-electron chi connectivity index (χ0n) is 19.2. The highest BCUT2D eigenvalue weighted by Gasteiger charge is 2.55. The fourth-order valence-corrected chi connectivity index (χ4v) is 5.56. The molecular formula is C25H17Cl2FN8O. The van der Waals surface area contributed by atoms with Gasteiger partial charge in [0.15, 0.2) is 5.82 Å². The first-order chi connectivity index (χ1) is 17.9. The predicted molar refractivity (Wildman–Crippen MR) is 134 cm³/mol. The van der Waals surface area contributed by atoms with Gasteiger partial charge in [0.1, 0.15) is 18.0 Å². The molecule has 1 aliphatic heterocycles. The second-order valence-corrected chi connectivity index (χ2v) is 10.1. The number of imidazole rings is 1. The van der Waals surface area contributed by atoms with Gasteiger partial charge in [0.05, 0.1) is 34.3 Å². The van der Waals surface area contributed by atoms with E-state index in [1.165, 1.54) is 17.1 Å². The van der Waals surface area contributed by atoms with Crippen LogP contribution in [0.15, 0.2) is 53.7 Å². The van der Waals surface area contributed by atoms with Gasteiger partial charge in [-0.15, -0.1) is 5.10 Å². The third kappa shape index (κ3) is 3.43. The molecule has 4 heterocycles. The van der Waals surface area contributed by atoms with Crippen LogP contribution in [0.1, 0.15) is 35.6 Å². The lowest BCUT2D eigenvalue weighted by Crippen LogP contribution is -2.27. The van der Waals surface area contributed by atoms with Crippen LogP contribution in [-0.4, -0.2) is 39.7 Å². The molecule has 3 atom stereocenters. The largest absolute Gasteiger partial charge is 0.340 e. The van der Waals surface area contributed by atoms with E-state index in [1.54, 1.807) is 48.0 Å². The molecule has 5 aromatic rings. The summed E-state index contributed by atoms with van der Waals surface area (Å²) >= 11 is 12.4. The monoisotopic (exact) mass is 534 g/mol. The van der Waals surface area contributed by atoms with Crippen LogP contribution in [0.25, 0.3) is 28.2 Å². The molecule has 3 unspecified atom stereocenters. The summed E-state index contributed by atoms with van der Waals surface area (Å²) in [5.74, 6) is 1.09. The molecule has 0 saturated heterocycles. The lowest BCUT2D eigenvalue weighted by molar-refractivity contribution is 0.509. The molecule has 9 nitrogen and oxygen atoms in total. The van der Waals surface area contributed by atoms with E-state index >= 15 is 0 Å². The number of aryl methyl sites for hydroxylation is 1. The summed E-state index contributed by atoms with van der Waals surface area (Å²) in [4.78, 5) is 26.1. The number of hydrogen-bond acceptors (Lipinski definition) is 6. The first kappa shape index (κ1) is 22.3. The molecular weight excluding hydrogens is 518 g/mol. The highest BCUT2D eigenvalue weighted by molar-refractivity contribution is 6.31. The first-order valence-electron chi connectivity index (χ1n) is 11.6. The summed E-state index contributed by atoms with van der Waals surface area (Å²) in [5.41, 5.74) is 3.08. The Morgan fingerprint density at radius 2 is 2.00 bits per heavy atom. The number of rotatable bonds is 4. The Kier molecular flexibility index (Phi) is 4.86. The average molecular weight is 535 g/mol. The van der Waals surface area contributed by atoms with Crippen LogP contribution in [0.2, 0.25) is 10.0 Å². The molecule has 3 aromatic heterocycles. The molecule has 0 amide bonds. The van der Waals surface area contributed by atoms with Crippen molar-refractivity contribution in [2.24, 2.45) is 5.92 Å². The molecule has 1 fully saturated rings. The molecule has 37 heavy (non-hydrogen) atoms. The van der Waals surface area contributed by atoms with Gasteiger partial charge in [0.25, 0.3) is 5.56 Å². The number of halogens is 3. The van der Waals surface area contributed by atoms with Crippen LogP contribution in [0.4, 0.5) is 4.39 Å². The van der Waals surface area contributed by atoms with Gasteiger partial charge in [-0.05, 0) is 59.5 Å². The Labute approximate surface area is 218 Å². The predicted octanol–water partition coefficient (Wildman–Crippen LogP) is 4.74. The van der Waals surface area contributed by atoms with Crippen LogP contribution in [0, 0.1) is 18.7 Å². The molecule has 2 aliphatic rings. The Bertz CT molecular complexity index is 1760. The zero-order valence-corrected chi connectivity index (χ0v) is 20.7. The lowest BCUT2D eigenvalue weighted by Gasteiger charge is -2.17. The average Bonchev–Trinajstić information content (AvgIpc) is 3.23. The molecule has 184 valence electrons. The van der Waals surface area contributed by atoms with Crippen molar-refractivity contribution < 1.29 is 4.39 Å². The molecule has 7 rings (SSSR count). The molecule has 1 aliphatic carbocycles. The molecule has 12 heteroatoms. The highest BCUT2D eigenvalue weighted by Crippen LogP contribution is 2.59. The number of aromatic amines is 1. The maximum Gasteiger partial charge on any atom is 0.254 e. The van der Waals surface area contributed by atoms with Gasteiger partial charge < -0.3 is 4.98 Å². The minimum absolute atomic E-state index is 0.0807. The van der Waals surface area contributed by atoms with Gasteiger partial charge in [0.2, 0.25) is 0 Å². The summed E-state index contributed by atoms with van der Waals surface area (Å²) in [6.45, 7) is 1.75. The SMILES string of the molecule is Cc1ccc(-c2cnc(C3C4CC4c4nc(-c5cc(Cl)ccc5-n5cnnn5)cc(=O)n43)[nH]2)c(F)c1Cl. The minimum atomic E-state index is -0.503. The number of tetrazole rings is 1. The lowest BCUT2D eigenvalue weighted by atomic mass is 10.1. The fraction of sp³-hybridized carbons (Fsp3) is 0.200. The first-order valence-corrected chi connectivity index (χ1v) is 12.3. The smallest absolute Gasteiger partial charge is 0.254 e. The zero-order chi connectivity index (χ0) is 25.4. The van der Waals surface area contributed by atoms with E-state index < -0.39 is 5.82 Å². The number of nitrogens with zero attached hydrogens (tertiary/aromatic N) is 7. The topological polar surface area (TPSA) is 107 Å². The van der Waals surface area contributed by atoms with E-state index in [9.17, 15) is 9.18 Å². The van der Waals surface area contributed by atoms with Gasteiger partial charge in [-0.3, -0.25) is 9.36 Å². The van der Waals surface area contributed by atoms with Gasteiger partial charge in [0, 0.05) is 28.1 Å². The Morgan fingerprint density at radius 3 is 2.81 bits per heavy atom. The van der Waals surface area contributed by atoms with Crippen LogP contribution >= 0.6 is 23.2 Å². The van der Waals surface area contributed by atoms with Gasteiger partial charge in [-0.2, -0.15) is 4.68 Å². The van der Waals surface area contributed by atoms with E-state index in [0.29, 0.717) is 50.4 Å². The van der Waals surface area contributed by atoms with E-state index in [0.717, 1.165) is 6.42 Å². The number of hydrogen-bond donors (Lipinski definition) is 1. The van der Waals surface area contributed by atoms with E-state index in [-0.39, 0.29) is 28.5 Å². The van der Waals surface area contributed by atoms with Crippen molar-refractivity contribution in [2.75, 3.05) is 0 Å². The standard InChI is InChI=1S/C25H17Cl2FN8O/c1-11-2-4-13(22(28)21(11)27)18-9-29-24(31-18)23-14-7-15(14)25-32-17(8-20(37)36(23)25)16-6-12(26)3-5-19(16)35-10-30-33-34-35/h2-6,8-10,14-15,23H,7H2,1H3,(H,29,31). The molecule has 0 spiro atoms. The number of nitrogens with one attached hydrogen (secondary N) is 1. The van der Waals surface area contributed by atoms with Crippen molar-refractivity contribution in [3.8, 4) is 28.2 Å². The number of aromatic nitrogens is 8. The minimum Gasteiger partial charge on any atom is -0.340 e. The molecule has 2 aromatic carbocycles. The van der Waals surface area contributed by atoms with Gasteiger partial charge in [-0.1, -0.05) is 29.3 Å². The van der Waals surface area contributed by atoms with Crippen molar-refractivity contribution in [2.45, 2.75) is 25.3 Å². The van der Waals surface area contributed by atoms with Crippen LogP contribution < -0.4 is 5.56 Å². The summed E-state index contributed by atoms with van der Waals surface area (Å²) in [6, 6.07) is 9.86. The van der Waals surface area contributed by atoms with Crippen molar-refractivity contribution in [3.63, 3.8) is 0 Å². The van der Waals surface area contributed by atoms with Crippen molar-refractivity contribution >= 4 is 23.2 Å². The normalized spacial score (nSPS) is 19.6. The summed E-state index contributed by atoms with van der Waals surface area (Å²) < 4.78 is 18.0. The van der Waals surface area contributed by atoms with E-state index in [4.69, 9.17) is 28.2 Å². The van der Waals surface area contributed by atoms with E-state index in [1.807, 2.05) is 0 Å². The Morgan fingerprint density at radius 1 is 1.14 bits per heavy atom. The van der Waals surface area contributed by atoms with Crippen molar-refractivity contribution in [3.05, 3.63) is 92.4 Å². The maximum absolute atomic E-state index is 14.8. The molecule has 1 N–H and O–H groups in total. The summed E-state index contributed by atoms with van der Waals surface area (Å²) in [5, 5.41) is 12.0. The van der Waals surface area contributed by atoms with Crippen molar-refractivity contribution in [1.29, 1.82) is 0 Å². The number of benzene rings is 2. The second kappa shape index (κ2) is 8.06. The summed E-state index contributed by atoms with van der Waals surface area (Å²) in [7, 11) is 0. The van der Waals surface area contributed by atoms with Crippen molar-refractivity contribution in [1.82, 2.24) is 39.7 Å². The number of fused-ring (bicyclic) bond motifs is 3. The van der Waals surface area contributed by atoms with Gasteiger partial charge in [-0.25, -0.2) is 14.4 Å². The third-order valence-electron chi connectivity index (χ3n) is 7.11.